The van der Waals surface area contributed by atoms with Crippen LogP contribution in [-0.4, -0.2) is 13.8 Å². The van der Waals surface area contributed by atoms with Crippen molar-refractivity contribution >= 4 is 80.6 Å². The van der Waals surface area contributed by atoms with E-state index in [0.29, 0.717) is 12.1 Å². The van der Waals surface area contributed by atoms with Gasteiger partial charge in [0.15, 0.2) is 5.65 Å². The standard InChI is InChI=1S/C36H21N3S/c1-2-10-22-20(8-1)9-7-12-23(22)21-16-17-28-26(18-21)32-33-27(19-25-24-11-3-6-15-31(24)40-35(25)32)34-36(37(28)33)39-30-14-5-4-13-29(30)38(34)39/h1-19,29-30H. The van der Waals surface area contributed by atoms with Crippen LogP contribution in [0.15, 0.2) is 115 Å². The van der Waals surface area contributed by atoms with E-state index in [9.17, 15) is 0 Å². The normalized spacial score (nSPS) is 18.3. The van der Waals surface area contributed by atoms with E-state index in [0.717, 1.165) is 0 Å². The fourth-order valence-corrected chi connectivity index (χ4v) is 9.04. The predicted octanol–water partition coefficient (Wildman–Crippen LogP) is 9.85. The molecule has 40 heavy (non-hydrogen) atoms. The smallest absolute Gasteiger partial charge is 0.160 e. The highest BCUT2D eigenvalue weighted by Crippen LogP contribution is 2.54. The number of hydrogen-bond donors (Lipinski definition) is 0. The third kappa shape index (κ3) is 2.13. The Labute approximate surface area is 232 Å². The molecule has 0 saturated carbocycles. The topological polar surface area (TPSA) is 14.3 Å². The SMILES string of the molecule is C1=CC2C(C=C1)n1c3c(c4cc5c6ccccc6sc5c5c6cc(-c7cccc8ccccc78)ccc6n3c45)n12. The minimum Gasteiger partial charge on any atom is -0.292 e. The van der Waals surface area contributed by atoms with Crippen molar-refractivity contribution in [3.05, 3.63) is 115 Å². The number of fused-ring (bicyclic) bond motifs is 17. The van der Waals surface area contributed by atoms with Gasteiger partial charge in [0.2, 0.25) is 0 Å². The second-order valence-electron chi connectivity index (χ2n) is 11.3. The molecular weight excluding hydrogens is 506 g/mol. The van der Waals surface area contributed by atoms with Crippen LogP contribution in [0.1, 0.15) is 12.1 Å². The van der Waals surface area contributed by atoms with Gasteiger partial charge < -0.3 is 0 Å². The van der Waals surface area contributed by atoms with Crippen molar-refractivity contribution in [2.75, 3.05) is 0 Å². The summed E-state index contributed by atoms with van der Waals surface area (Å²) in [7, 11) is 0. The van der Waals surface area contributed by atoms with Gasteiger partial charge in [0, 0.05) is 36.3 Å². The summed E-state index contributed by atoms with van der Waals surface area (Å²) in [5.74, 6) is 0. The van der Waals surface area contributed by atoms with E-state index in [-0.39, 0.29) is 0 Å². The lowest BCUT2D eigenvalue weighted by atomic mass is 9.95. The largest absolute Gasteiger partial charge is 0.292 e. The van der Waals surface area contributed by atoms with Crippen molar-refractivity contribution in [1.29, 1.82) is 0 Å². The first-order valence-electron chi connectivity index (χ1n) is 14.0. The second kappa shape index (κ2) is 6.67. The quantitative estimate of drug-likeness (QED) is 0.202. The molecule has 0 amide bonds. The maximum absolute atomic E-state index is 2.56. The maximum atomic E-state index is 2.56. The molecule has 9 aromatic rings. The number of benzene rings is 5. The van der Waals surface area contributed by atoms with E-state index in [2.05, 4.69) is 129 Å². The van der Waals surface area contributed by atoms with Gasteiger partial charge in [-0.3, -0.25) is 13.8 Å². The Hall–Kier alpha value is -4.80. The molecule has 4 aromatic heterocycles. The van der Waals surface area contributed by atoms with Crippen LogP contribution in [0.2, 0.25) is 0 Å². The van der Waals surface area contributed by atoms with E-state index in [1.54, 1.807) is 0 Å². The Bertz CT molecular complexity index is 2610. The van der Waals surface area contributed by atoms with Crippen LogP contribution in [0.4, 0.5) is 0 Å². The maximum Gasteiger partial charge on any atom is 0.160 e. The summed E-state index contributed by atoms with van der Waals surface area (Å²) in [5.41, 5.74) is 7.97. The average molecular weight is 528 g/mol. The molecule has 186 valence electrons. The highest BCUT2D eigenvalue weighted by Gasteiger charge is 2.43. The lowest BCUT2D eigenvalue weighted by Crippen LogP contribution is -2.44. The molecule has 0 spiro atoms. The Kier molecular flexibility index (Phi) is 3.36. The van der Waals surface area contributed by atoms with E-state index in [1.165, 1.54) is 80.4 Å². The highest BCUT2D eigenvalue weighted by atomic mass is 32.1. The van der Waals surface area contributed by atoms with Crippen molar-refractivity contribution in [3.63, 3.8) is 0 Å². The molecule has 2 atom stereocenters. The van der Waals surface area contributed by atoms with Crippen LogP contribution < -0.4 is 0 Å². The van der Waals surface area contributed by atoms with Gasteiger partial charge in [-0.25, -0.2) is 0 Å². The zero-order chi connectivity index (χ0) is 25.7. The minimum absolute atomic E-state index is 0.405. The molecule has 2 aliphatic rings. The number of rotatable bonds is 1. The summed E-state index contributed by atoms with van der Waals surface area (Å²) in [5, 5.41) is 9.44. The van der Waals surface area contributed by atoms with Crippen molar-refractivity contribution in [1.82, 2.24) is 13.8 Å². The lowest BCUT2D eigenvalue weighted by Gasteiger charge is -2.47. The molecule has 11 rings (SSSR count). The van der Waals surface area contributed by atoms with Gasteiger partial charge in [-0.2, -0.15) is 0 Å². The fourth-order valence-electron chi connectivity index (χ4n) is 7.80. The van der Waals surface area contributed by atoms with E-state index >= 15 is 0 Å². The first kappa shape index (κ1) is 20.2. The second-order valence-corrected chi connectivity index (χ2v) is 12.4. The monoisotopic (exact) mass is 527 g/mol. The molecule has 5 heterocycles. The van der Waals surface area contributed by atoms with Crippen molar-refractivity contribution in [2.45, 2.75) is 12.1 Å². The molecule has 0 N–H and O–H groups in total. The van der Waals surface area contributed by atoms with E-state index < -0.39 is 0 Å². The van der Waals surface area contributed by atoms with Gasteiger partial charge in [-0.05, 0) is 46.2 Å². The summed E-state index contributed by atoms with van der Waals surface area (Å²) < 4.78 is 10.3. The van der Waals surface area contributed by atoms with Crippen molar-refractivity contribution in [3.8, 4) is 11.1 Å². The van der Waals surface area contributed by atoms with Gasteiger partial charge in [-0.15, -0.1) is 11.3 Å². The molecule has 1 aliphatic heterocycles. The average Bonchev–Trinajstić information content (AvgIpc) is 3.60. The van der Waals surface area contributed by atoms with Crippen LogP contribution in [-0.2, 0) is 0 Å². The third-order valence-corrected chi connectivity index (χ3v) is 10.7. The van der Waals surface area contributed by atoms with E-state index in [1.807, 2.05) is 11.3 Å². The van der Waals surface area contributed by atoms with Crippen LogP contribution in [0.3, 0.4) is 0 Å². The van der Waals surface area contributed by atoms with Gasteiger partial charge in [0.25, 0.3) is 0 Å². The molecule has 0 fully saturated rings. The van der Waals surface area contributed by atoms with Crippen LogP contribution in [0, 0.1) is 0 Å². The lowest BCUT2D eigenvalue weighted by molar-refractivity contribution is 0.212. The first-order valence-corrected chi connectivity index (χ1v) is 14.8. The van der Waals surface area contributed by atoms with E-state index in [4.69, 9.17) is 0 Å². The summed E-state index contributed by atoms with van der Waals surface area (Å²) in [4.78, 5) is 0. The van der Waals surface area contributed by atoms with Crippen molar-refractivity contribution in [2.24, 2.45) is 0 Å². The zero-order valence-corrected chi connectivity index (χ0v) is 22.2. The Morgan fingerprint density at radius 3 is 2.33 bits per heavy atom. The number of nitrogens with zero attached hydrogens (tertiary/aromatic N) is 3. The van der Waals surface area contributed by atoms with Gasteiger partial charge in [0.05, 0.1) is 23.1 Å². The molecule has 0 bridgehead atoms. The summed E-state index contributed by atoms with van der Waals surface area (Å²) >= 11 is 1.94. The highest BCUT2D eigenvalue weighted by molar-refractivity contribution is 7.26. The van der Waals surface area contributed by atoms with Gasteiger partial charge in [-0.1, -0.05) is 91.0 Å². The number of aromatic nitrogens is 3. The van der Waals surface area contributed by atoms with Crippen LogP contribution in [0.5, 0.6) is 0 Å². The summed E-state index contributed by atoms with van der Waals surface area (Å²) in [6.45, 7) is 0. The molecule has 1 aliphatic carbocycles. The molecule has 4 heteroatoms. The fraction of sp³-hybridized carbons (Fsp3) is 0.0556. The van der Waals surface area contributed by atoms with Gasteiger partial charge in [0.1, 0.15) is 5.52 Å². The minimum atomic E-state index is 0.405. The molecule has 0 radical (unpaired) electrons. The Morgan fingerprint density at radius 1 is 0.600 bits per heavy atom. The number of allylic oxidation sites excluding steroid dienone is 4. The molecule has 3 nitrogen and oxygen atoms in total. The van der Waals surface area contributed by atoms with Gasteiger partial charge >= 0.3 is 0 Å². The molecule has 0 saturated heterocycles. The Balaban J connectivity index is 1.34. The third-order valence-electron chi connectivity index (χ3n) is 9.47. The number of hydrogen-bond acceptors (Lipinski definition) is 1. The van der Waals surface area contributed by atoms with Crippen molar-refractivity contribution < 1.29 is 0 Å². The van der Waals surface area contributed by atoms with Crippen LogP contribution >= 0.6 is 11.3 Å². The first-order chi connectivity index (χ1) is 19.9. The molecular formula is C36H21N3S. The predicted molar refractivity (Wildman–Crippen MR) is 169 cm³/mol. The Morgan fingerprint density at radius 2 is 1.40 bits per heavy atom. The van der Waals surface area contributed by atoms with Crippen LogP contribution in [0.25, 0.3) is 80.4 Å². The molecule has 2 unspecified atom stereocenters. The molecule has 5 aromatic carbocycles. The number of thiophene rings is 1. The zero-order valence-electron chi connectivity index (χ0n) is 21.4. The summed E-state index contributed by atoms with van der Waals surface area (Å²) in [6, 6.07) is 34.7. The summed E-state index contributed by atoms with van der Waals surface area (Å²) in [6.07, 6.45) is 9.09.